The average molecular weight is 300 g/mol. The van der Waals surface area contributed by atoms with E-state index in [9.17, 15) is 0 Å². The molecule has 0 unspecified atom stereocenters. The van der Waals surface area contributed by atoms with Crippen molar-refractivity contribution in [2.24, 2.45) is 0 Å². The van der Waals surface area contributed by atoms with Crippen molar-refractivity contribution in [3.63, 3.8) is 0 Å². The minimum Gasteiger partial charge on any atom is -0.342 e. The number of nitrogens with one attached hydrogen (secondary N) is 1. The van der Waals surface area contributed by atoms with Crippen molar-refractivity contribution in [1.29, 1.82) is 0 Å². The van der Waals surface area contributed by atoms with E-state index in [-0.39, 0.29) is 5.41 Å². The van der Waals surface area contributed by atoms with Crippen molar-refractivity contribution in [3.8, 4) is 11.3 Å². The molecule has 0 amide bonds. The van der Waals surface area contributed by atoms with Gasteiger partial charge >= 0.3 is 0 Å². The predicted molar refractivity (Wildman–Crippen MR) is 92.5 cm³/mol. The molecule has 1 aromatic heterocycles. The van der Waals surface area contributed by atoms with Crippen LogP contribution in [0.5, 0.6) is 0 Å². The summed E-state index contributed by atoms with van der Waals surface area (Å²) in [5.41, 5.74) is 7.18. The van der Waals surface area contributed by atoms with Crippen LogP contribution in [-0.4, -0.2) is 9.97 Å². The highest BCUT2D eigenvalue weighted by molar-refractivity contribution is 7.71. The van der Waals surface area contributed by atoms with E-state index in [1.165, 1.54) is 22.3 Å². The third-order valence-corrected chi connectivity index (χ3v) is 4.37. The third kappa shape index (κ3) is 3.08. The summed E-state index contributed by atoms with van der Waals surface area (Å²) >= 11 is 5.47. The maximum absolute atomic E-state index is 5.47. The molecule has 0 aliphatic rings. The van der Waals surface area contributed by atoms with E-state index in [1.807, 2.05) is 6.92 Å². The molecule has 2 nitrogen and oxygen atoms in total. The topological polar surface area (TPSA) is 28.7 Å². The lowest BCUT2D eigenvalue weighted by Crippen LogP contribution is -2.17. The molecule has 0 aliphatic carbocycles. The molecule has 0 aliphatic heterocycles. The molecule has 0 atom stereocenters. The minimum atomic E-state index is -0.0519. The van der Waals surface area contributed by atoms with Crippen molar-refractivity contribution in [2.75, 3.05) is 0 Å². The van der Waals surface area contributed by atoms with E-state index < -0.39 is 0 Å². The number of nitrogens with zero attached hydrogens (tertiary/aromatic N) is 1. The first kappa shape index (κ1) is 15.9. The highest BCUT2D eigenvalue weighted by Crippen LogP contribution is 2.30. The number of aromatic amines is 1. The van der Waals surface area contributed by atoms with Crippen LogP contribution >= 0.6 is 12.2 Å². The Bertz CT molecular complexity index is 749. The fourth-order valence-electron chi connectivity index (χ4n) is 2.39. The largest absolute Gasteiger partial charge is 0.342 e. The van der Waals surface area contributed by atoms with Crippen LogP contribution in [0.15, 0.2) is 12.1 Å². The van der Waals surface area contributed by atoms with E-state index >= 15 is 0 Å². The first-order chi connectivity index (χ1) is 9.61. The summed E-state index contributed by atoms with van der Waals surface area (Å²) < 4.78 is 0.686. The van der Waals surface area contributed by atoms with Crippen LogP contribution in [-0.2, 0) is 5.41 Å². The molecule has 112 valence electrons. The molecule has 3 heteroatoms. The van der Waals surface area contributed by atoms with Gasteiger partial charge in [0, 0.05) is 16.5 Å². The zero-order valence-electron chi connectivity index (χ0n) is 14.0. The van der Waals surface area contributed by atoms with E-state index in [1.54, 1.807) is 0 Å². The highest BCUT2D eigenvalue weighted by Gasteiger charge is 2.19. The van der Waals surface area contributed by atoms with Crippen LogP contribution in [0.25, 0.3) is 11.3 Å². The normalized spacial score (nSPS) is 11.8. The van der Waals surface area contributed by atoms with Crippen LogP contribution in [0, 0.1) is 32.3 Å². The number of benzene rings is 1. The van der Waals surface area contributed by atoms with Gasteiger partial charge in [0.25, 0.3) is 0 Å². The summed E-state index contributed by atoms with van der Waals surface area (Å²) in [6, 6.07) is 4.48. The molecular formula is C18H24N2S. The van der Waals surface area contributed by atoms with Crippen molar-refractivity contribution in [2.45, 2.75) is 53.9 Å². The molecular weight excluding hydrogens is 276 g/mol. The Kier molecular flexibility index (Phi) is 4.07. The van der Waals surface area contributed by atoms with Crippen molar-refractivity contribution in [3.05, 3.63) is 44.9 Å². The van der Waals surface area contributed by atoms with Crippen molar-refractivity contribution in [1.82, 2.24) is 9.97 Å². The summed E-state index contributed by atoms with van der Waals surface area (Å²) in [7, 11) is 0. The lowest BCUT2D eigenvalue weighted by Gasteiger charge is -2.21. The Morgan fingerprint density at radius 1 is 0.952 bits per heavy atom. The first-order valence-corrected chi connectivity index (χ1v) is 7.71. The zero-order valence-corrected chi connectivity index (χ0v) is 14.8. The zero-order chi connectivity index (χ0) is 15.9. The second-order valence-corrected chi connectivity index (χ2v) is 7.28. The Morgan fingerprint density at radius 3 is 2.10 bits per heavy atom. The van der Waals surface area contributed by atoms with E-state index in [0.717, 1.165) is 17.1 Å². The summed E-state index contributed by atoms with van der Waals surface area (Å²) in [4.78, 5) is 8.08. The van der Waals surface area contributed by atoms with Gasteiger partial charge in [0.1, 0.15) is 10.5 Å². The molecule has 1 heterocycles. The van der Waals surface area contributed by atoms with Gasteiger partial charge in [-0.1, -0.05) is 39.1 Å². The van der Waals surface area contributed by atoms with Crippen LogP contribution in [0.4, 0.5) is 0 Å². The SMILES string of the molecule is Cc1cc(C)c(-c2[nH]c(C(C)(C)C)nc(=S)c2C)cc1C. The number of aryl methyl sites for hydroxylation is 3. The molecule has 1 N–H and O–H groups in total. The number of aromatic nitrogens is 2. The van der Waals surface area contributed by atoms with Gasteiger partial charge in [-0.2, -0.15) is 0 Å². The Balaban J connectivity index is 2.78. The minimum absolute atomic E-state index is 0.0519. The van der Waals surface area contributed by atoms with Crippen LogP contribution in [0.2, 0.25) is 0 Å². The Labute approximate surface area is 132 Å². The average Bonchev–Trinajstić information content (AvgIpc) is 2.36. The molecule has 0 spiro atoms. The van der Waals surface area contributed by atoms with Gasteiger partial charge in [-0.25, -0.2) is 4.98 Å². The molecule has 1 aromatic carbocycles. The summed E-state index contributed by atoms with van der Waals surface area (Å²) in [6.07, 6.45) is 0. The van der Waals surface area contributed by atoms with Crippen LogP contribution < -0.4 is 0 Å². The molecule has 0 saturated heterocycles. The van der Waals surface area contributed by atoms with Gasteiger partial charge in [-0.15, -0.1) is 0 Å². The first-order valence-electron chi connectivity index (χ1n) is 7.31. The van der Waals surface area contributed by atoms with Gasteiger partial charge in [0.2, 0.25) is 0 Å². The maximum atomic E-state index is 5.47. The monoisotopic (exact) mass is 300 g/mol. The van der Waals surface area contributed by atoms with Gasteiger partial charge in [0.15, 0.2) is 0 Å². The van der Waals surface area contributed by atoms with E-state index in [4.69, 9.17) is 12.2 Å². The smallest absolute Gasteiger partial charge is 0.133 e. The molecule has 21 heavy (non-hydrogen) atoms. The Morgan fingerprint density at radius 2 is 1.52 bits per heavy atom. The van der Waals surface area contributed by atoms with E-state index in [0.29, 0.717) is 4.64 Å². The number of hydrogen-bond acceptors (Lipinski definition) is 2. The van der Waals surface area contributed by atoms with Gasteiger partial charge in [-0.3, -0.25) is 0 Å². The lowest BCUT2D eigenvalue weighted by molar-refractivity contribution is 0.544. The highest BCUT2D eigenvalue weighted by atomic mass is 32.1. The number of rotatable bonds is 1. The lowest BCUT2D eigenvalue weighted by atomic mass is 9.93. The molecule has 0 radical (unpaired) electrons. The molecule has 0 bridgehead atoms. The second-order valence-electron chi connectivity index (χ2n) is 6.89. The number of H-pyrrole nitrogens is 1. The van der Waals surface area contributed by atoms with Crippen molar-refractivity contribution >= 4 is 12.2 Å². The fourth-order valence-corrected chi connectivity index (χ4v) is 2.58. The maximum Gasteiger partial charge on any atom is 0.133 e. The molecule has 0 fully saturated rings. The van der Waals surface area contributed by atoms with Crippen molar-refractivity contribution < 1.29 is 0 Å². The van der Waals surface area contributed by atoms with Crippen LogP contribution in [0.1, 0.15) is 48.8 Å². The molecule has 2 rings (SSSR count). The summed E-state index contributed by atoms with van der Waals surface area (Å²) in [5.74, 6) is 0.936. The van der Waals surface area contributed by atoms with Crippen LogP contribution in [0.3, 0.4) is 0 Å². The van der Waals surface area contributed by atoms with Gasteiger partial charge in [0.05, 0.1) is 5.69 Å². The standard InChI is InChI=1S/C18H24N2S/c1-10-8-12(3)14(9-11(10)2)15-13(4)16(21)20-17(19-15)18(5,6)7/h8-9H,1-7H3,(H,19,20,21). The summed E-state index contributed by atoms with van der Waals surface area (Å²) in [5, 5.41) is 0. The van der Waals surface area contributed by atoms with Gasteiger partial charge < -0.3 is 4.98 Å². The molecule has 2 aromatic rings. The predicted octanol–water partition coefficient (Wildman–Crippen LogP) is 5.34. The quantitative estimate of drug-likeness (QED) is 0.720. The number of hydrogen-bond donors (Lipinski definition) is 1. The second kappa shape index (κ2) is 5.38. The molecule has 0 saturated carbocycles. The Hall–Kier alpha value is -1.48. The third-order valence-electron chi connectivity index (χ3n) is 3.97. The van der Waals surface area contributed by atoms with E-state index in [2.05, 4.69) is 63.6 Å². The summed E-state index contributed by atoms with van der Waals surface area (Å²) in [6.45, 7) is 14.9. The van der Waals surface area contributed by atoms with Gasteiger partial charge in [-0.05, 0) is 50.5 Å². The fraction of sp³-hybridized carbons (Fsp3) is 0.444.